The van der Waals surface area contributed by atoms with Crippen LogP contribution in [0.4, 0.5) is 5.13 Å². The fourth-order valence-corrected chi connectivity index (χ4v) is 4.04. The molecule has 0 unspecified atom stereocenters. The van der Waals surface area contributed by atoms with Crippen molar-refractivity contribution in [3.8, 4) is 11.4 Å². The van der Waals surface area contributed by atoms with Crippen LogP contribution in [-0.4, -0.2) is 21.6 Å². The number of carbonyl (C=O) groups excluding carboxylic acids is 1. The van der Waals surface area contributed by atoms with Crippen LogP contribution in [0.2, 0.25) is 0 Å². The zero-order chi connectivity index (χ0) is 16.9. The molecule has 0 atom stereocenters. The van der Waals surface area contributed by atoms with Gasteiger partial charge in [0.1, 0.15) is 5.69 Å². The van der Waals surface area contributed by atoms with Gasteiger partial charge in [-0.15, -0.1) is 23.1 Å². The average molecular weight is 420 g/mol. The van der Waals surface area contributed by atoms with E-state index in [0.717, 1.165) is 26.3 Å². The maximum Gasteiger partial charge on any atom is 0.236 e. The molecular weight excluding hydrogens is 406 g/mol. The fraction of sp³-hybridized carbons (Fsp3) is 0.118. The van der Waals surface area contributed by atoms with Gasteiger partial charge in [-0.3, -0.25) is 9.78 Å². The van der Waals surface area contributed by atoms with Crippen molar-refractivity contribution in [1.82, 2.24) is 9.97 Å². The first kappa shape index (κ1) is 17.1. The number of hydrogen-bond acceptors (Lipinski definition) is 5. The average Bonchev–Trinajstić information content (AvgIpc) is 3.03. The Morgan fingerprint density at radius 2 is 2.17 bits per heavy atom. The van der Waals surface area contributed by atoms with Crippen LogP contribution >= 0.6 is 39.0 Å². The number of pyridine rings is 1. The van der Waals surface area contributed by atoms with Gasteiger partial charge in [-0.1, -0.05) is 22.0 Å². The molecule has 0 aliphatic carbocycles. The van der Waals surface area contributed by atoms with Crippen molar-refractivity contribution in [2.45, 2.75) is 11.8 Å². The number of rotatable bonds is 5. The largest absolute Gasteiger partial charge is 0.301 e. The molecule has 3 aromatic rings. The number of thiazole rings is 1. The topological polar surface area (TPSA) is 54.9 Å². The Labute approximate surface area is 156 Å². The number of aryl methyl sites for hydroxylation is 1. The first-order valence-corrected chi connectivity index (χ1v) is 9.83. The molecule has 0 aliphatic rings. The predicted molar refractivity (Wildman–Crippen MR) is 104 cm³/mol. The van der Waals surface area contributed by atoms with Crippen molar-refractivity contribution >= 4 is 50.1 Å². The lowest BCUT2D eigenvalue weighted by Gasteiger charge is -2.06. The maximum atomic E-state index is 12.1. The molecule has 0 saturated carbocycles. The minimum absolute atomic E-state index is 0.0655. The highest BCUT2D eigenvalue weighted by atomic mass is 79.9. The van der Waals surface area contributed by atoms with Gasteiger partial charge in [-0.25, -0.2) is 4.98 Å². The monoisotopic (exact) mass is 419 g/mol. The lowest BCUT2D eigenvalue weighted by Crippen LogP contribution is -2.13. The van der Waals surface area contributed by atoms with E-state index in [9.17, 15) is 4.79 Å². The summed E-state index contributed by atoms with van der Waals surface area (Å²) >= 11 is 6.36. The second kappa shape index (κ2) is 7.92. The lowest BCUT2D eigenvalue weighted by atomic mass is 10.2. The fourth-order valence-electron chi connectivity index (χ4n) is 2.04. The Morgan fingerprint density at radius 3 is 2.92 bits per heavy atom. The summed E-state index contributed by atoms with van der Waals surface area (Å²) in [4.78, 5) is 21.9. The van der Waals surface area contributed by atoms with Crippen molar-refractivity contribution < 1.29 is 4.79 Å². The lowest BCUT2D eigenvalue weighted by molar-refractivity contribution is -0.113. The molecule has 1 N–H and O–H groups in total. The van der Waals surface area contributed by atoms with Gasteiger partial charge in [-0.2, -0.15) is 0 Å². The Morgan fingerprint density at radius 1 is 1.29 bits per heavy atom. The van der Waals surface area contributed by atoms with E-state index in [2.05, 4.69) is 31.2 Å². The molecule has 24 heavy (non-hydrogen) atoms. The highest BCUT2D eigenvalue weighted by molar-refractivity contribution is 9.10. The second-order valence-electron chi connectivity index (χ2n) is 5.00. The molecule has 4 nitrogen and oxygen atoms in total. The van der Waals surface area contributed by atoms with E-state index in [4.69, 9.17) is 0 Å². The molecule has 1 amide bonds. The molecule has 122 valence electrons. The number of nitrogens with zero attached hydrogens (tertiary/aromatic N) is 2. The number of nitrogens with one attached hydrogen (secondary N) is 1. The Hall–Kier alpha value is -1.70. The number of amides is 1. The molecule has 2 aromatic heterocycles. The summed E-state index contributed by atoms with van der Waals surface area (Å²) in [5, 5.41) is 5.33. The van der Waals surface area contributed by atoms with Crippen molar-refractivity contribution in [2.24, 2.45) is 0 Å². The minimum Gasteiger partial charge on any atom is -0.301 e. The van der Waals surface area contributed by atoms with E-state index in [1.165, 1.54) is 23.1 Å². The normalized spacial score (nSPS) is 10.6. The van der Waals surface area contributed by atoms with Gasteiger partial charge in [0.05, 0.1) is 11.4 Å². The Bertz CT molecular complexity index is 852. The van der Waals surface area contributed by atoms with Crippen molar-refractivity contribution in [3.63, 3.8) is 0 Å². The first-order valence-electron chi connectivity index (χ1n) is 7.17. The van der Waals surface area contributed by atoms with Crippen LogP contribution < -0.4 is 5.32 Å². The predicted octanol–water partition coefficient (Wildman–Crippen LogP) is 5.01. The van der Waals surface area contributed by atoms with Crippen LogP contribution in [0.1, 0.15) is 5.56 Å². The molecule has 0 bridgehead atoms. The number of benzene rings is 1. The van der Waals surface area contributed by atoms with Gasteiger partial charge >= 0.3 is 0 Å². The summed E-state index contributed by atoms with van der Waals surface area (Å²) in [6.07, 6.45) is 1.73. The molecule has 0 spiro atoms. The van der Waals surface area contributed by atoms with E-state index >= 15 is 0 Å². The van der Waals surface area contributed by atoms with E-state index in [-0.39, 0.29) is 5.91 Å². The van der Waals surface area contributed by atoms with E-state index in [1.54, 1.807) is 6.20 Å². The van der Waals surface area contributed by atoms with Gasteiger partial charge in [0.15, 0.2) is 5.13 Å². The smallest absolute Gasteiger partial charge is 0.236 e. The molecule has 2 heterocycles. The third-order valence-corrected chi connectivity index (χ3v) is 5.60. The number of carbonyl (C=O) groups is 1. The summed E-state index contributed by atoms with van der Waals surface area (Å²) in [7, 11) is 0. The number of anilines is 1. The summed E-state index contributed by atoms with van der Waals surface area (Å²) in [6.45, 7) is 2.03. The van der Waals surface area contributed by atoms with Crippen LogP contribution in [0.5, 0.6) is 0 Å². The van der Waals surface area contributed by atoms with E-state index in [0.29, 0.717) is 10.9 Å². The zero-order valence-electron chi connectivity index (χ0n) is 12.8. The first-order chi connectivity index (χ1) is 11.6. The molecule has 1 aromatic carbocycles. The van der Waals surface area contributed by atoms with Crippen molar-refractivity contribution in [1.29, 1.82) is 0 Å². The van der Waals surface area contributed by atoms with Crippen molar-refractivity contribution in [2.75, 3.05) is 11.1 Å². The van der Waals surface area contributed by atoms with Crippen molar-refractivity contribution in [3.05, 3.63) is 58.0 Å². The molecule has 7 heteroatoms. The van der Waals surface area contributed by atoms with Crippen LogP contribution in [0.15, 0.2) is 57.3 Å². The molecular formula is C17H14BrN3OS2. The van der Waals surface area contributed by atoms with Crippen LogP contribution in [0.25, 0.3) is 11.4 Å². The third-order valence-electron chi connectivity index (χ3n) is 3.17. The van der Waals surface area contributed by atoms with E-state index in [1.807, 2.05) is 48.7 Å². The Kier molecular flexibility index (Phi) is 5.65. The molecule has 0 fully saturated rings. The quantitative estimate of drug-likeness (QED) is 0.590. The summed E-state index contributed by atoms with van der Waals surface area (Å²) in [5.41, 5.74) is 2.72. The van der Waals surface area contributed by atoms with Crippen LogP contribution in [-0.2, 0) is 4.79 Å². The van der Waals surface area contributed by atoms with Gasteiger partial charge < -0.3 is 5.32 Å². The van der Waals surface area contributed by atoms with Gasteiger partial charge in [-0.05, 0) is 42.8 Å². The van der Waals surface area contributed by atoms with E-state index < -0.39 is 0 Å². The summed E-state index contributed by atoms with van der Waals surface area (Å²) in [5.74, 6) is 0.283. The highest BCUT2D eigenvalue weighted by Gasteiger charge is 2.10. The van der Waals surface area contributed by atoms with Crippen LogP contribution in [0.3, 0.4) is 0 Å². The third kappa shape index (κ3) is 4.43. The van der Waals surface area contributed by atoms with Gasteiger partial charge in [0, 0.05) is 20.9 Å². The molecule has 3 rings (SSSR count). The molecule has 0 aliphatic heterocycles. The van der Waals surface area contributed by atoms with Crippen LogP contribution in [0, 0.1) is 6.92 Å². The number of halogens is 1. The SMILES string of the molecule is Cc1cc(Br)ccc1SCC(=O)Nc1nc(-c2ccccn2)cs1. The summed E-state index contributed by atoms with van der Waals surface area (Å²) in [6, 6.07) is 11.7. The Balaban J connectivity index is 1.58. The minimum atomic E-state index is -0.0655. The molecule has 0 saturated heterocycles. The standard InChI is InChI=1S/C17H14BrN3OS2/c1-11-8-12(18)5-6-15(11)23-10-16(22)21-17-20-14(9-24-17)13-4-2-3-7-19-13/h2-9H,10H2,1H3,(H,20,21,22). The number of hydrogen-bond donors (Lipinski definition) is 1. The van der Waals surface area contributed by atoms with Gasteiger partial charge in [0.25, 0.3) is 0 Å². The number of thioether (sulfide) groups is 1. The van der Waals surface area contributed by atoms with Gasteiger partial charge in [0.2, 0.25) is 5.91 Å². The zero-order valence-corrected chi connectivity index (χ0v) is 16.0. The highest BCUT2D eigenvalue weighted by Crippen LogP contribution is 2.26. The second-order valence-corrected chi connectivity index (χ2v) is 7.79. The molecule has 0 radical (unpaired) electrons. The maximum absolute atomic E-state index is 12.1. The summed E-state index contributed by atoms with van der Waals surface area (Å²) < 4.78 is 1.04. The number of aromatic nitrogens is 2.